The number of nitrogens with one attached hydrogen (secondary N) is 1. The van der Waals surface area contributed by atoms with Crippen LogP contribution in [0.3, 0.4) is 0 Å². The number of carbonyl (C=O) groups excluding carboxylic acids is 2. The number of amides is 2. The summed E-state index contributed by atoms with van der Waals surface area (Å²) in [4.78, 5) is 27.4. The third-order valence-corrected chi connectivity index (χ3v) is 6.43. The first kappa shape index (κ1) is 16.9. The van der Waals surface area contributed by atoms with Crippen LogP contribution in [0.2, 0.25) is 0 Å². The zero-order chi connectivity index (χ0) is 17.5. The maximum absolute atomic E-state index is 12.1. The molecule has 0 unspecified atom stereocenters. The van der Waals surface area contributed by atoms with Crippen molar-refractivity contribution in [2.24, 2.45) is 5.41 Å². The van der Waals surface area contributed by atoms with Gasteiger partial charge in [0, 0.05) is 45.1 Å². The Labute approximate surface area is 146 Å². The minimum absolute atomic E-state index is 0.153. The van der Waals surface area contributed by atoms with Crippen LogP contribution in [0.1, 0.15) is 32.1 Å². The van der Waals surface area contributed by atoms with Gasteiger partial charge in [-0.1, -0.05) is 0 Å². The number of piperidine rings is 1. The number of nitrogens with zero attached hydrogens (tertiary/aromatic N) is 2. The van der Waals surface area contributed by atoms with Crippen molar-refractivity contribution < 1.29 is 23.5 Å². The van der Waals surface area contributed by atoms with Gasteiger partial charge in [0.05, 0.1) is 6.54 Å². The highest BCUT2D eigenvalue weighted by Gasteiger charge is 2.53. The lowest BCUT2D eigenvalue weighted by Crippen LogP contribution is -2.57. The van der Waals surface area contributed by atoms with Gasteiger partial charge in [-0.15, -0.1) is 0 Å². The maximum Gasteiger partial charge on any atom is 0.409 e. The van der Waals surface area contributed by atoms with E-state index in [0.717, 1.165) is 51.7 Å². The van der Waals surface area contributed by atoms with Gasteiger partial charge in [0.2, 0.25) is 0 Å². The molecular formula is C17H26FN3O4. The van der Waals surface area contributed by atoms with Gasteiger partial charge < -0.3 is 24.6 Å². The van der Waals surface area contributed by atoms with E-state index in [1.165, 1.54) is 0 Å². The minimum Gasteiger partial charge on any atom is -0.447 e. The summed E-state index contributed by atoms with van der Waals surface area (Å²) in [5.41, 5.74) is -0.0741. The third-order valence-electron chi connectivity index (χ3n) is 6.43. The normalized spacial score (nSPS) is 34.0. The predicted molar refractivity (Wildman–Crippen MR) is 87.0 cm³/mol. The molecule has 0 atom stereocenters. The molecule has 4 fully saturated rings. The lowest BCUT2D eigenvalue weighted by Gasteiger charge is -2.52. The third kappa shape index (κ3) is 3.16. The minimum atomic E-state index is -0.631. The van der Waals surface area contributed by atoms with Crippen LogP contribution in [-0.4, -0.2) is 79.6 Å². The molecule has 25 heavy (non-hydrogen) atoms. The van der Waals surface area contributed by atoms with E-state index in [1.54, 1.807) is 4.90 Å². The number of alkyl carbamates (subject to hydrolysis) is 1. The lowest BCUT2D eigenvalue weighted by atomic mass is 9.64. The first-order valence-corrected chi connectivity index (χ1v) is 9.22. The first-order chi connectivity index (χ1) is 12.0. The molecule has 7 nitrogen and oxygen atoms in total. The Morgan fingerprint density at radius 3 is 2.68 bits per heavy atom. The van der Waals surface area contributed by atoms with Gasteiger partial charge in [-0.05, 0) is 24.7 Å². The molecular weight excluding hydrogens is 329 g/mol. The fraction of sp³-hybridized carbons (Fsp3) is 0.882. The van der Waals surface area contributed by atoms with Gasteiger partial charge in [0.1, 0.15) is 18.9 Å². The maximum atomic E-state index is 12.1. The van der Waals surface area contributed by atoms with E-state index in [9.17, 15) is 14.0 Å². The fourth-order valence-corrected chi connectivity index (χ4v) is 4.92. The molecule has 3 aliphatic heterocycles. The number of alkyl halides is 1. The molecule has 2 spiro atoms. The Morgan fingerprint density at radius 2 is 2.04 bits per heavy atom. The average Bonchev–Trinajstić information content (AvgIpc) is 3.17. The van der Waals surface area contributed by atoms with Crippen LogP contribution in [0.25, 0.3) is 0 Å². The van der Waals surface area contributed by atoms with Gasteiger partial charge in [-0.25, -0.2) is 14.0 Å². The summed E-state index contributed by atoms with van der Waals surface area (Å²) in [5, 5.41) is 2.77. The summed E-state index contributed by atoms with van der Waals surface area (Å²) in [5.74, 6) is 0. The second-order valence-electron chi connectivity index (χ2n) is 8.00. The largest absolute Gasteiger partial charge is 0.447 e. The van der Waals surface area contributed by atoms with Gasteiger partial charge in [-0.2, -0.15) is 0 Å². The Morgan fingerprint density at radius 1 is 1.28 bits per heavy atom. The summed E-state index contributed by atoms with van der Waals surface area (Å²) < 4.78 is 22.5. The Kier molecular flexibility index (Phi) is 4.25. The molecule has 140 valence electrons. The Hall–Kier alpha value is -1.57. The Bertz CT molecular complexity index is 544. The molecule has 0 radical (unpaired) electrons. The van der Waals surface area contributed by atoms with Crippen molar-refractivity contribution in [1.29, 1.82) is 0 Å². The highest BCUT2D eigenvalue weighted by molar-refractivity contribution is 5.70. The number of carbonyl (C=O) groups is 2. The van der Waals surface area contributed by atoms with E-state index in [2.05, 4.69) is 10.2 Å². The van der Waals surface area contributed by atoms with Crippen molar-refractivity contribution >= 4 is 12.2 Å². The van der Waals surface area contributed by atoms with Crippen LogP contribution in [-0.2, 0) is 9.47 Å². The highest BCUT2D eigenvalue weighted by Crippen LogP contribution is 2.51. The molecule has 1 N–H and O–H groups in total. The standard InChI is InChI=1S/C17H26FN3O4/c18-4-8-24-15(23)21-5-1-16(12-21)9-13(10-16)20-6-2-17(3-7-20)11-19-14(22)25-17/h13H,1-12H2,(H,19,22). The quantitative estimate of drug-likeness (QED) is 0.831. The van der Waals surface area contributed by atoms with Crippen LogP contribution in [0.15, 0.2) is 0 Å². The molecule has 0 aromatic carbocycles. The molecule has 4 aliphatic rings. The van der Waals surface area contributed by atoms with E-state index in [4.69, 9.17) is 9.47 Å². The van der Waals surface area contributed by atoms with Crippen LogP contribution in [0.5, 0.6) is 0 Å². The highest BCUT2D eigenvalue weighted by atomic mass is 19.1. The van der Waals surface area contributed by atoms with Crippen LogP contribution in [0, 0.1) is 5.41 Å². The van der Waals surface area contributed by atoms with E-state index in [-0.39, 0.29) is 29.8 Å². The molecule has 8 heteroatoms. The fourth-order valence-electron chi connectivity index (χ4n) is 4.92. The zero-order valence-corrected chi connectivity index (χ0v) is 14.5. The van der Waals surface area contributed by atoms with E-state index in [0.29, 0.717) is 19.1 Å². The van der Waals surface area contributed by atoms with Crippen molar-refractivity contribution in [3.63, 3.8) is 0 Å². The lowest BCUT2D eigenvalue weighted by molar-refractivity contribution is -0.0507. The number of halogens is 1. The number of hydrogen-bond donors (Lipinski definition) is 1. The SMILES string of the molecule is O=C1NCC2(CCN(C3CC4(CCN(C(=O)OCCF)C4)C3)CC2)O1. The molecule has 1 aliphatic carbocycles. The van der Waals surface area contributed by atoms with Crippen LogP contribution >= 0.6 is 0 Å². The summed E-state index contributed by atoms with van der Waals surface area (Å²) in [6, 6.07) is 0.559. The molecule has 3 saturated heterocycles. The number of rotatable bonds is 3. The van der Waals surface area contributed by atoms with E-state index in [1.807, 2.05) is 0 Å². The summed E-state index contributed by atoms with van der Waals surface area (Å²) >= 11 is 0. The monoisotopic (exact) mass is 355 g/mol. The topological polar surface area (TPSA) is 71.1 Å². The van der Waals surface area contributed by atoms with Gasteiger partial charge in [-0.3, -0.25) is 0 Å². The molecule has 1 saturated carbocycles. The average molecular weight is 355 g/mol. The van der Waals surface area contributed by atoms with Crippen molar-refractivity contribution in [3.05, 3.63) is 0 Å². The van der Waals surface area contributed by atoms with E-state index >= 15 is 0 Å². The molecule has 0 bridgehead atoms. The zero-order valence-electron chi connectivity index (χ0n) is 14.5. The van der Waals surface area contributed by atoms with Gasteiger partial charge in [0.15, 0.2) is 0 Å². The van der Waals surface area contributed by atoms with Crippen molar-refractivity contribution in [2.75, 3.05) is 46.0 Å². The molecule has 0 aromatic heterocycles. The van der Waals surface area contributed by atoms with Gasteiger partial charge in [0.25, 0.3) is 0 Å². The van der Waals surface area contributed by atoms with Gasteiger partial charge >= 0.3 is 12.2 Å². The molecule has 3 heterocycles. The predicted octanol–water partition coefficient (Wildman–Crippen LogP) is 1.52. The summed E-state index contributed by atoms with van der Waals surface area (Å²) in [6.45, 7) is 3.20. The second-order valence-corrected chi connectivity index (χ2v) is 8.00. The molecule has 2 amide bonds. The molecule has 0 aromatic rings. The van der Waals surface area contributed by atoms with Crippen molar-refractivity contribution in [1.82, 2.24) is 15.1 Å². The number of likely N-dealkylation sites (tertiary alicyclic amines) is 2. The van der Waals surface area contributed by atoms with Crippen LogP contribution in [0.4, 0.5) is 14.0 Å². The van der Waals surface area contributed by atoms with Crippen molar-refractivity contribution in [2.45, 2.75) is 43.7 Å². The number of hydrogen-bond acceptors (Lipinski definition) is 5. The smallest absolute Gasteiger partial charge is 0.409 e. The van der Waals surface area contributed by atoms with Crippen LogP contribution < -0.4 is 5.32 Å². The second kappa shape index (κ2) is 6.30. The summed E-state index contributed by atoms with van der Waals surface area (Å²) in [6.07, 6.45) is 4.31. The summed E-state index contributed by atoms with van der Waals surface area (Å²) in [7, 11) is 0. The Balaban J connectivity index is 1.23. The molecule has 4 rings (SSSR count). The van der Waals surface area contributed by atoms with Crippen molar-refractivity contribution in [3.8, 4) is 0 Å². The first-order valence-electron chi connectivity index (χ1n) is 9.22. The van der Waals surface area contributed by atoms with E-state index < -0.39 is 6.67 Å². The number of ether oxygens (including phenoxy) is 2.